The standard InChI is InChI=1S/C28H41NO3S/c1-19-7-6-8-20(13-19)15-23(30)9-10-24-25-16-21(14-22(25)17-26(24)31)18-33-12-11-27(32)29(5)28(2,3)4/h6-10,13-14,22-26,30-31H,11-12,15-18H2,1-5H3/t22-,23-,24+,25-,26+/m0/s1. The molecule has 1 amide bonds. The predicted octanol–water partition coefficient (Wildman–Crippen LogP) is 4.78. The van der Waals surface area contributed by atoms with Gasteiger partial charge in [-0.05, 0) is 57.9 Å². The van der Waals surface area contributed by atoms with Crippen LogP contribution in [0.15, 0.2) is 48.1 Å². The number of aliphatic hydroxyl groups is 2. The van der Waals surface area contributed by atoms with Crippen LogP contribution in [0.4, 0.5) is 0 Å². The fourth-order valence-corrected chi connectivity index (χ4v) is 5.96. The number of aliphatic hydroxyl groups excluding tert-OH is 2. The van der Waals surface area contributed by atoms with Gasteiger partial charge in [0.15, 0.2) is 0 Å². The van der Waals surface area contributed by atoms with Gasteiger partial charge in [-0.2, -0.15) is 11.8 Å². The second kappa shape index (κ2) is 11.2. The lowest BCUT2D eigenvalue weighted by Crippen LogP contribution is -2.42. The highest BCUT2D eigenvalue weighted by molar-refractivity contribution is 7.99. The van der Waals surface area contributed by atoms with Crippen LogP contribution < -0.4 is 0 Å². The lowest BCUT2D eigenvalue weighted by molar-refractivity contribution is -0.133. The van der Waals surface area contributed by atoms with Crippen molar-refractivity contribution < 1.29 is 15.0 Å². The van der Waals surface area contributed by atoms with E-state index in [0.29, 0.717) is 24.7 Å². The van der Waals surface area contributed by atoms with E-state index in [-0.39, 0.29) is 23.5 Å². The Hall–Kier alpha value is -1.56. The first-order valence-corrected chi connectivity index (χ1v) is 13.3. The molecule has 182 valence electrons. The van der Waals surface area contributed by atoms with E-state index in [2.05, 4.69) is 52.0 Å². The highest BCUT2D eigenvalue weighted by atomic mass is 32.2. The van der Waals surface area contributed by atoms with Crippen molar-refractivity contribution in [2.24, 2.45) is 17.8 Å². The molecule has 0 unspecified atom stereocenters. The van der Waals surface area contributed by atoms with Crippen molar-refractivity contribution in [3.05, 3.63) is 59.2 Å². The predicted molar refractivity (Wildman–Crippen MR) is 138 cm³/mol. The number of hydrogen-bond acceptors (Lipinski definition) is 4. The first-order valence-electron chi connectivity index (χ1n) is 12.2. The van der Waals surface area contributed by atoms with Crippen molar-refractivity contribution in [3.63, 3.8) is 0 Å². The number of nitrogens with zero attached hydrogens (tertiary/aromatic N) is 1. The molecule has 1 saturated carbocycles. The van der Waals surface area contributed by atoms with Crippen LogP contribution in [0.3, 0.4) is 0 Å². The van der Waals surface area contributed by atoms with Gasteiger partial charge in [0.25, 0.3) is 0 Å². The van der Waals surface area contributed by atoms with E-state index in [1.807, 2.05) is 41.9 Å². The zero-order valence-electron chi connectivity index (χ0n) is 20.8. The molecule has 1 aromatic rings. The number of carbonyl (C=O) groups is 1. The Morgan fingerprint density at radius 3 is 2.79 bits per heavy atom. The van der Waals surface area contributed by atoms with Crippen LogP contribution in [0.2, 0.25) is 0 Å². The van der Waals surface area contributed by atoms with Crippen LogP contribution in [-0.4, -0.2) is 57.3 Å². The topological polar surface area (TPSA) is 60.8 Å². The van der Waals surface area contributed by atoms with E-state index in [4.69, 9.17) is 0 Å². The van der Waals surface area contributed by atoms with Crippen molar-refractivity contribution in [3.8, 4) is 0 Å². The summed E-state index contributed by atoms with van der Waals surface area (Å²) in [6, 6.07) is 8.24. The number of hydrogen-bond donors (Lipinski definition) is 2. The molecule has 1 fully saturated rings. The Labute approximate surface area is 204 Å². The molecule has 0 aliphatic heterocycles. The van der Waals surface area contributed by atoms with Crippen molar-refractivity contribution in [2.45, 2.75) is 71.1 Å². The number of fused-ring (bicyclic) bond motifs is 1. The lowest BCUT2D eigenvalue weighted by Gasteiger charge is -2.32. The van der Waals surface area contributed by atoms with E-state index in [1.54, 1.807) is 0 Å². The van der Waals surface area contributed by atoms with E-state index in [9.17, 15) is 15.0 Å². The molecule has 0 bridgehead atoms. The first-order chi connectivity index (χ1) is 15.5. The molecule has 2 N–H and O–H groups in total. The molecule has 0 saturated heterocycles. The molecule has 33 heavy (non-hydrogen) atoms. The van der Waals surface area contributed by atoms with Gasteiger partial charge in [0.05, 0.1) is 12.2 Å². The molecule has 1 aromatic carbocycles. The summed E-state index contributed by atoms with van der Waals surface area (Å²) in [5.41, 5.74) is 3.64. The van der Waals surface area contributed by atoms with Gasteiger partial charge in [-0.25, -0.2) is 0 Å². The molecule has 5 atom stereocenters. The van der Waals surface area contributed by atoms with Gasteiger partial charge >= 0.3 is 0 Å². The zero-order chi connectivity index (χ0) is 24.2. The molecule has 3 rings (SSSR count). The average molecular weight is 472 g/mol. The minimum atomic E-state index is -0.536. The summed E-state index contributed by atoms with van der Waals surface area (Å²) >= 11 is 1.83. The number of aryl methyl sites for hydroxylation is 1. The molecule has 2 aliphatic rings. The van der Waals surface area contributed by atoms with Crippen molar-refractivity contribution >= 4 is 17.7 Å². The van der Waals surface area contributed by atoms with Gasteiger partial charge in [-0.15, -0.1) is 0 Å². The Bertz CT molecular complexity index is 872. The van der Waals surface area contributed by atoms with Crippen LogP contribution in [0, 0.1) is 24.7 Å². The summed E-state index contributed by atoms with van der Waals surface area (Å²) in [6.45, 7) is 8.23. The number of allylic oxidation sites excluding steroid dienone is 1. The van der Waals surface area contributed by atoms with Gasteiger partial charge in [0.2, 0.25) is 5.91 Å². The molecular formula is C28H41NO3S. The van der Waals surface area contributed by atoms with Crippen molar-refractivity contribution in [1.29, 1.82) is 0 Å². The largest absolute Gasteiger partial charge is 0.392 e. The minimum Gasteiger partial charge on any atom is -0.392 e. The number of rotatable bonds is 9. The number of benzene rings is 1. The molecule has 0 heterocycles. The summed E-state index contributed by atoms with van der Waals surface area (Å²) in [4.78, 5) is 14.2. The van der Waals surface area contributed by atoms with Gasteiger partial charge in [-0.3, -0.25) is 4.79 Å². The molecule has 5 heteroatoms. The number of carbonyl (C=O) groups excluding carboxylic acids is 1. The van der Waals surface area contributed by atoms with E-state index in [0.717, 1.165) is 29.9 Å². The molecule has 0 aromatic heterocycles. The van der Waals surface area contributed by atoms with Crippen molar-refractivity contribution in [2.75, 3.05) is 18.6 Å². The normalized spacial score (nSPS) is 25.8. The van der Waals surface area contributed by atoms with Crippen LogP contribution in [0.5, 0.6) is 0 Å². The maximum absolute atomic E-state index is 12.3. The SMILES string of the molecule is Cc1cccc(C[C@@H](O)C=C[C@@H]2[C@H]3CC(CSCCC(=O)N(C)C(C)(C)C)=C[C@H]3C[C@H]2O)c1. The van der Waals surface area contributed by atoms with E-state index >= 15 is 0 Å². The van der Waals surface area contributed by atoms with Crippen LogP contribution in [0.1, 0.15) is 51.2 Å². The van der Waals surface area contributed by atoms with Gasteiger partial charge in [0.1, 0.15) is 0 Å². The number of thioether (sulfide) groups is 1. The summed E-state index contributed by atoms with van der Waals surface area (Å²) in [5.74, 6) is 2.94. The smallest absolute Gasteiger partial charge is 0.223 e. The van der Waals surface area contributed by atoms with Gasteiger partial charge in [0, 0.05) is 42.9 Å². The zero-order valence-corrected chi connectivity index (χ0v) is 21.6. The second-order valence-electron chi connectivity index (χ2n) is 10.8. The van der Waals surface area contributed by atoms with Gasteiger partial charge in [-0.1, -0.05) is 53.6 Å². The quantitative estimate of drug-likeness (QED) is 0.402. The van der Waals surface area contributed by atoms with E-state index < -0.39 is 6.10 Å². The van der Waals surface area contributed by atoms with Crippen LogP contribution in [-0.2, 0) is 11.2 Å². The third-order valence-corrected chi connectivity index (χ3v) is 8.23. The minimum absolute atomic E-state index is 0.0999. The summed E-state index contributed by atoms with van der Waals surface area (Å²) in [5, 5.41) is 21.1. The highest BCUT2D eigenvalue weighted by Gasteiger charge is 2.43. The molecule has 0 radical (unpaired) electrons. The third-order valence-electron chi connectivity index (χ3n) is 7.16. The Morgan fingerprint density at radius 2 is 2.09 bits per heavy atom. The fourth-order valence-electron chi connectivity index (χ4n) is 5.02. The third kappa shape index (κ3) is 7.21. The summed E-state index contributed by atoms with van der Waals surface area (Å²) in [7, 11) is 1.88. The monoisotopic (exact) mass is 471 g/mol. The fraction of sp³-hybridized carbons (Fsp3) is 0.607. The summed E-state index contributed by atoms with van der Waals surface area (Å²) in [6.07, 6.45) is 8.40. The second-order valence-corrected chi connectivity index (χ2v) is 11.9. The lowest BCUT2D eigenvalue weighted by atomic mass is 9.89. The molecule has 2 aliphatic carbocycles. The van der Waals surface area contributed by atoms with Gasteiger partial charge < -0.3 is 15.1 Å². The Balaban J connectivity index is 1.45. The Kier molecular flexibility index (Phi) is 8.88. The Morgan fingerprint density at radius 1 is 1.33 bits per heavy atom. The average Bonchev–Trinajstić information content (AvgIpc) is 3.24. The van der Waals surface area contributed by atoms with E-state index in [1.165, 1.54) is 11.1 Å². The number of amides is 1. The van der Waals surface area contributed by atoms with Crippen LogP contribution >= 0.6 is 11.8 Å². The summed E-state index contributed by atoms with van der Waals surface area (Å²) < 4.78 is 0. The van der Waals surface area contributed by atoms with Crippen molar-refractivity contribution in [1.82, 2.24) is 4.90 Å². The molecule has 4 nitrogen and oxygen atoms in total. The molecule has 0 spiro atoms. The van der Waals surface area contributed by atoms with Crippen LogP contribution in [0.25, 0.3) is 0 Å². The maximum Gasteiger partial charge on any atom is 0.223 e. The maximum atomic E-state index is 12.3. The first kappa shape index (κ1) is 26.1. The highest BCUT2D eigenvalue weighted by Crippen LogP contribution is 2.47. The molecular weight excluding hydrogens is 430 g/mol.